The van der Waals surface area contributed by atoms with E-state index in [0.29, 0.717) is 5.56 Å². The van der Waals surface area contributed by atoms with Crippen molar-refractivity contribution in [3.63, 3.8) is 0 Å². The average molecular weight is 506 g/mol. The molecule has 0 atom stereocenters. The van der Waals surface area contributed by atoms with E-state index < -0.39 is 0 Å². The summed E-state index contributed by atoms with van der Waals surface area (Å²) in [7, 11) is 0. The highest BCUT2D eigenvalue weighted by molar-refractivity contribution is 14.1. The number of halogens is 1. The lowest BCUT2D eigenvalue weighted by Crippen LogP contribution is -2.08. The number of hydrogen-bond acceptors (Lipinski definition) is 4. The van der Waals surface area contributed by atoms with Crippen molar-refractivity contribution >= 4 is 66.0 Å². The first-order chi connectivity index (χ1) is 14.2. The molecule has 4 nitrogen and oxygen atoms in total. The predicted molar refractivity (Wildman–Crippen MR) is 126 cm³/mol. The second-order valence-corrected chi connectivity index (χ2v) is 10.3. The van der Waals surface area contributed by atoms with Gasteiger partial charge in [0, 0.05) is 28.0 Å². The van der Waals surface area contributed by atoms with Crippen LogP contribution in [0, 0.1) is 14.3 Å². The van der Waals surface area contributed by atoms with Crippen LogP contribution in [-0.4, -0.2) is 15.0 Å². The highest BCUT2D eigenvalue weighted by atomic mass is 127. The number of nitrogens with zero attached hydrogens (tertiary/aromatic N) is 3. The van der Waals surface area contributed by atoms with Gasteiger partial charge in [0.05, 0.1) is 27.0 Å². The summed E-state index contributed by atoms with van der Waals surface area (Å²) in [5, 5.41) is 11.8. The minimum Gasteiger partial charge on any atom is -0.360 e. The van der Waals surface area contributed by atoms with Crippen molar-refractivity contribution in [2.24, 2.45) is 0 Å². The van der Waals surface area contributed by atoms with E-state index in [0.717, 1.165) is 54.4 Å². The third-order valence-electron chi connectivity index (χ3n) is 5.87. The lowest BCUT2D eigenvalue weighted by molar-refractivity contribution is 0.689. The van der Waals surface area contributed by atoms with Crippen LogP contribution >= 0.6 is 33.9 Å². The Morgan fingerprint density at radius 3 is 2.69 bits per heavy atom. The van der Waals surface area contributed by atoms with E-state index in [1.807, 2.05) is 12.3 Å². The zero-order valence-corrected chi connectivity index (χ0v) is 18.4. The van der Waals surface area contributed by atoms with E-state index in [1.54, 1.807) is 11.3 Å². The van der Waals surface area contributed by atoms with Crippen LogP contribution in [0.4, 0.5) is 0 Å². The van der Waals surface area contributed by atoms with E-state index in [-0.39, 0.29) is 0 Å². The smallest absolute Gasteiger partial charge is 0.155 e. The van der Waals surface area contributed by atoms with Gasteiger partial charge in [0.1, 0.15) is 6.07 Å². The number of hydrogen-bond donors (Lipinski definition) is 1. The molecule has 5 aromatic rings. The molecule has 3 heterocycles. The summed E-state index contributed by atoms with van der Waals surface area (Å²) in [4.78, 5) is 13.0. The Balaban J connectivity index is 1.71. The van der Waals surface area contributed by atoms with Crippen LogP contribution in [0.15, 0.2) is 36.5 Å². The Hall–Kier alpha value is -2.50. The van der Waals surface area contributed by atoms with Gasteiger partial charge in [0.15, 0.2) is 3.01 Å². The van der Waals surface area contributed by atoms with Crippen molar-refractivity contribution in [1.29, 1.82) is 5.26 Å². The summed E-state index contributed by atoms with van der Waals surface area (Å²) >= 11 is 4.00. The molecule has 0 bridgehead atoms. The Morgan fingerprint density at radius 1 is 1.00 bits per heavy atom. The second kappa shape index (κ2) is 6.51. The molecule has 1 aliphatic rings. The molecule has 0 saturated carbocycles. The molecule has 0 aliphatic heterocycles. The number of rotatable bonds is 1. The minimum absolute atomic E-state index is 0.702. The maximum Gasteiger partial charge on any atom is 0.155 e. The van der Waals surface area contributed by atoms with Gasteiger partial charge in [-0.3, -0.25) is 0 Å². The molecule has 0 saturated heterocycles. The lowest BCUT2D eigenvalue weighted by Gasteiger charge is -2.22. The number of benzene rings is 2. The van der Waals surface area contributed by atoms with Crippen LogP contribution in [0.5, 0.6) is 0 Å². The average Bonchev–Trinajstić information content (AvgIpc) is 3.34. The Labute approximate surface area is 184 Å². The third-order valence-corrected chi connectivity index (χ3v) is 7.58. The number of aromatic nitrogens is 3. The summed E-state index contributed by atoms with van der Waals surface area (Å²) in [6.07, 6.45) is 6.25. The molecule has 0 unspecified atom stereocenters. The first-order valence-corrected chi connectivity index (χ1v) is 11.5. The van der Waals surface area contributed by atoms with Crippen molar-refractivity contribution in [2.75, 3.05) is 0 Å². The third kappa shape index (κ3) is 2.61. The number of aryl methyl sites for hydroxylation is 1. The number of nitrogens with one attached hydrogen (secondary N) is 1. The number of nitriles is 1. The van der Waals surface area contributed by atoms with Crippen LogP contribution in [-0.2, 0) is 12.8 Å². The molecular weight excluding hydrogens is 491 g/mol. The van der Waals surface area contributed by atoms with Gasteiger partial charge in [-0.25, -0.2) is 9.97 Å². The molecule has 0 spiro atoms. The maximum absolute atomic E-state index is 9.63. The largest absolute Gasteiger partial charge is 0.360 e. The summed E-state index contributed by atoms with van der Waals surface area (Å²) < 4.78 is 2.26. The van der Waals surface area contributed by atoms with Crippen LogP contribution in [0.25, 0.3) is 43.3 Å². The quantitative estimate of drug-likeness (QED) is 0.270. The second-order valence-electron chi connectivity index (χ2n) is 7.47. The van der Waals surface area contributed by atoms with Gasteiger partial charge in [-0.1, -0.05) is 6.07 Å². The zero-order valence-electron chi connectivity index (χ0n) is 15.4. The van der Waals surface area contributed by atoms with Crippen molar-refractivity contribution in [3.05, 3.63) is 56.2 Å². The van der Waals surface area contributed by atoms with Gasteiger partial charge in [0.25, 0.3) is 0 Å². The van der Waals surface area contributed by atoms with Crippen molar-refractivity contribution < 1.29 is 0 Å². The number of fused-ring (bicyclic) bond motifs is 6. The minimum atomic E-state index is 0.702. The Morgan fingerprint density at radius 2 is 1.83 bits per heavy atom. The van der Waals surface area contributed by atoms with Gasteiger partial charge in [-0.05, 0) is 83.7 Å². The summed E-state index contributed by atoms with van der Waals surface area (Å²) in [5.41, 5.74) is 8.70. The number of H-pyrrole nitrogens is 1. The van der Waals surface area contributed by atoms with Crippen LogP contribution in [0.2, 0.25) is 0 Å². The molecule has 1 aliphatic carbocycles. The first-order valence-electron chi connectivity index (χ1n) is 9.65. The normalized spacial score (nSPS) is 13.8. The SMILES string of the molecule is N#Cc1c[nH]c2ccc3nc(-c4ccc5nc(I)sc5c4)c4c(c3c12)CCCC4. The van der Waals surface area contributed by atoms with Crippen molar-refractivity contribution in [1.82, 2.24) is 15.0 Å². The van der Waals surface area contributed by atoms with E-state index >= 15 is 0 Å². The fourth-order valence-corrected chi connectivity index (χ4v) is 6.31. The van der Waals surface area contributed by atoms with Crippen LogP contribution < -0.4 is 0 Å². The highest BCUT2D eigenvalue weighted by Crippen LogP contribution is 2.39. The molecule has 6 heteroatoms. The van der Waals surface area contributed by atoms with E-state index in [1.165, 1.54) is 28.7 Å². The van der Waals surface area contributed by atoms with E-state index in [9.17, 15) is 5.26 Å². The number of pyridine rings is 1. The Bertz CT molecular complexity index is 1490. The van der Waals surface area contributed by atoms with Gasteiger partial charge in [-0.2, -0.15) is 5.26 Å². The van der Waals surface area contributed by atoms with Crippen molar-refractivity contribution in [3.8, 4) is 17.3 Å². The van der Waals surface area contributed by atoms with Crippen LogP contribution in [0.3, 0.4) is 0 Å². The standard InChI is InChI=1S/C23H15IN4S/c24-23-28-16-6-5-12(9-19(16)29-23)22-15-4-2-1-3-14(15)21-18(27-22)8-7-17-20(21)13(10-25)11-26-17/h5-9,11,26H,1-4H2. The molecule has 140 valence electrons. The van der Waals surface area contributed by atoms with E-state index in [4.69, 9.17) is 4.98 Å². The van der Waals surface area contributed by atoms with Gasteiger partial charge in [0.2, 0.25) is 0 Å². The topological polar surface area (TPSA) is 65.4 Å². The first kappa shape index (κ1) is 17.4. The molecule has 0 fully saturated rings. The molecule has 6 rings (SSSR count). The van der Waals surface area contributed by atoms with Gasteiger partial charge < -0.3 is 4.98 Å². The monoisotopic (exact) mass is 506 g/mol. The Kier molecular flexibility index (Phi) is 3.90. The molecule has 0 radical (unpaired) electrons. The molecule has 3 aromatic heterocycles. The van der Waals surface area contributed by atoms with E-state index in [2.05, 4.69) is 62.9 Å². The predicted octanol–water partition coefficient (Wildman–Crippen LogP) is 6.35. The lowest BCUT2D eigenvalue weighted by atomic mass is 9.85. The number of thiazole rings is 1. The summed E-state index contributed by atoms with van der Waals surface area (Å²) in [6, 6.07) is 13.0. The van der Waals surface area contributed by atoms with Gasteiger partial charge >= 0.3 is 0 Å². The molecular formula is C23H15IN4S. The molecule has 0 amide bonds. The summed E-state index contributed by atoms with van der Waals surface area (Å²) in [5.74, 6) is 0. The fourth-order valence-electron chi connectivity index (χ4n) is 4.61. The van der Waals surface area contributed by atoms with Crippen LogP contribution in [0.1, 0.15) is 29.5 Å². The molecule has 2 aromatic carbocycles. The molecule has 1 N–H and O–H groups in total. The highest BCUT2D eigenvalue weighted by Gasteiger charge is 2.22. The maximum atomic E-state index is 9.63. The molecule has 29 heavy (non-hydrogen) atoms. The zero-order chi connectivity index (χ0) is 19.5. The number of aromatic amines is 1. The fraction of sp³-hybridized carbons (Fsp3) is 0.174. The van der Waals surface area contributed by atoms with Crippen molar-refractivity contribution in [2.45, 2.75) is 25.7 Å². The summed E-state index contributed by atoms with van der Waals surface area (Å²) in [6.45, 7) is 0. The van der Waals surface area contributed by atoms with Gasteiger partial charge in [-0.15, -0.1) is 11.3 Å².